The van der Waals surface area contributed by atoms with E-state index in [0.717, 1.165) is 30.5 Å². The molecule has 16 nitrogen and oxygen atoms in total. The van der Waals surface area contributed by atoms with Gasteiger partial charge in [-0.25, -0.2) is 4.79 Å². The van der Waals surface area contributed by atoms with E-state index in [0.29, 0.717) is 0 Å². The maximum absolute atomic E-state index is 13.0. The molecule has 5 N–H and O–H groups in total. The van der Waals surface area contributed by atoms with Gasteiger partial charge in [0, 0.05) is 58.5 Å². The maximum Gasteiger partial charge on any atom is 0.325 e. The molecule has 41 heavy (non-hydrogen) atoms. The standard InChI is InChI=1S/C25H17N7O9/c33-21(13-1-5-18(6-2-13)31(38)39)27-16-9-15(23(35)29-20-12-26-25(37)30-24(20)36)10-17(11-16)28-22(34)14-3-7-19(8-4-14)32(40)41/h1-12H,(H,27,33)(H,28,34)(H,29,35)(H2,26,30,36,37). The fourth-order valence-corrected chi connectivity index (χ4v) is 3.48. The van der Waals surface area contributed by atoms with Gasteiger partial charge in [-0.15, -0.1) is 0 Å². The molecule has 1 aromatic heterocycles. The number of amides is 3. The van der Waals surface area contributed by atoms with E-state index in [2.05, 4.69) is 20.9 Å². The maximum atomic E-state index is 13.0. The molecule has 4 rings (SSSR count). The summed E-state index contributed by atoms with van der Waals surface area (Å²) >= 11 is 0. The number of nitro benzene ring substituents is 2. The average Bonchev–Trinajstić information content (AvgIpc) is 2.94. The van der Waals surface area contributed by atoms with E-state index in [9.17, 15) is 44.2 Å². The van der Waals surface area contributed by atoms with Gasteiger partial charge in [0.25, 0.3) is 34.7 Å². The first kappa shape index (κ1) is 27.6. The molecule has 0 saturated heterocycles. The van der Waals surface area contributed by atoms with E-state index in [1.807, 2.05) is 4.98 Å². The Morgan fingerprint density at radius 3 is 1.49 bits per heavy atom. The molecule has 0 spiro atoms. The van der Waals surface area contributed by atoms with Crippen LogP contribution in [-0.2, 0) is 0 Å². The van der Waals surface area contributed by atoms with E-state index in [1.54, 1.807) is 0 Å². The summed E-state index contributed by atoms with van der Waals surface area (Å²) in [6, 6.07) is 13.2. The van der Waals surface area contributed by atoms with Crippen LogP contribution in [0.25, 0.3) is 0 Å². The highest BCUT2D eigenvalue weighted by molar-refractivity contribution is 6.10. The second kappa shape index (κ2) is 11.5. The zero-order valence-corrected chi connectivity index (χ0v) is 20.5. The molecule has 3 amide bonds. The van der Waals surface area contributed by atoms with Crippen LogP contribution in [0.1, 0.15) is 31.1 Å². The Bertz CT molecular complexity index is 1720. The largest absolute Gasteiger partial charge is 0.325 e. The summed E-state index contributed by atoms with van der Waals surface area (Å²) in [5.41, 5.74) is -2.38. The minimum Gasteiger partial charge on any atom is -0.322 e. The topological polar surface area (TPSA) is 239 Å². The summed E-state index contributed by atoms with van der Waals surface area (Å²) in [5.74, 6) is -2.23. The molecule has 0 aliphatic rings. The van der Waals surface area contributed by atoms with Gasteiger partial charge < -0.3 is 20.9 Å². The summed E-state index contributed by atoms with van der Waals surface area (Å²) in [6.07, 6.45) is 0.983. The highest BCUT2D eigenvalue weighted by Crippen LogP contribution is 2.23. The normalized spacial score (nSPS) is 10.3. The van der Waals surface area contributed by atoms with Crippen molar-refractivity contribution in [2.45, 2.75) is 0 Å². The SMILES string of the molecule is O=C(Nc1cc(NC(=O)c2ccc([N+](=O)[O-])cc2)cc(C(=O)Nc2c[nH]c(=O)[nH]c2=O)c1)c1ccc([N+](=O)[O-])cc1. The summed E-state index contributed by atoms with van der Waals surface area (Å²) in [6.45, 7) is 0. The van der Waals surface area contributed by atoms with Crippen molar-refractivity contribution in [2.75, 3.05) is 16.0 Å². The zero-order valence-electron chi connectivity index (χ0n) is 20.5. The van der Waals surface area contributed by atoms with Crippen LogP contribution in [0.15, 0.2) is 82.5 Å². The number of hydrogen-bond donors (Lipinski definition) is 5. The predicted molar refractivity (Wildman–Crippen MR) is 144 cm³/mol. The number of nitrogens with zero attached hydrogens (tertiary/aromatic N) is 2. The van der Waals surface area contributed by atoms with Crippen LogP contribution in [0.5, 0.6) is 0 Å². The molecule has 3 aromatic carbocycles. The Hall–Kier alpha value is -6.45. The third-order valence-corrected chi connectivity index (χ3v) is 5.46. The van der Waals surface area contributed by atoms with Gasteiger partial charge in [0.1, 0.15) is 5.69 Å². The number of rotatable bonds is 8. The smallest absolute Gasteiger partial charge is 0.322 e. The molecule has 0 bridgehead atoms. The molecule has 0 aliphatic heterocycles. The van der Waals surface area contributed by atoms with Gasteiger partial charge >= 0.3 is 5.69 Å². The monoisotopic (exact) mass is 559 g/mol. The molecule has 206 valence electrons. The van der Waals surface area contributed by atoms with Crippen LogP contribution < -0.4 is 27.2 Å². The first-order chi connectivity index (χ1) is 19.5. The lowest BCUT2D eigenvalue weighted by molar-refractivity contribution is -0.385. The van der Waals surface area contributed by atoms with Crippen molar-refractivity contribution in [1.29, 1.82) is 0 Å². The lowest BCUT2D eigenvalue weighted by atomic mass is 10.1. The van der Waals surface area contributed by atoms with Gasteiger partial charge in [-0.05, 0) is 42.5 Å². The number of benzene rings is 3. The Morgan fingerprint density at radius 1 is 0.634 bits per heavy atom. The number of anilines is 3. The third-order valence-electron chi connectivity index (χ3n) is 5.46. The van der Waals surface area contributed by atoms with Crippen LogP contribution in [0, 0.1) is 20.2 Å². The van der Waals surface area contributed by atoms with Crippen molar-refractivity contribution < 1.29 is 24.2 Å². The van der Waals surface area contributed by atoms with Gasteiger partial charge in [-0.2, -0.15) is 0 Å². The Morgan fingerprint density at radius 2 is 1.07 bits per heavy atom. The van der Waals surface area contributed by atoms with Gasteiger partial charge in [-0.3, -0.25) is 44.4 Å². The van der Waals surface area contributed by atoms with Crippen LogP contribution in [0.2, 0.25) is 0 Å². The molecule has 0 aliphatic carbocycles. The molecule has 0 saturated carbocycles. The number of carbonyl (C=O) groups is 3. The Balaban J connectivity index is 1.64. The van der Waals surface area contributed by atoms with E-state index < -0.39 is 38.8 Å². The van der Waals surface area contributed by atoms with Crippen LogP contribution >= 0.6 is 0 Å². The molecule has 0 fully saturated rings. The van der Waals surface area contributed by atoms with Crippen molar-refractivity contribution >= 4 is 46.2 Å². The highest BCUT2D eigenvalue weighted by Gasteiger charge is 2.16. The van der Waals surface area contributed by atoms with Gasteiger partial charge in [0.2, 0.25) is 0 Å². The lowest BCUT2D eigenvalue weighted by Gasteiger charge is -2.12. The van der Waals surface area contributed by atoms with Crippen LogP contribution in [0.4, 0.5) is 28.4 Å². The number of aromatic nitrogens is 2. The van der Waals surface area contributed by atoms with Crippen molar-refractivity contribution in [1.82, 2.24) is 9.97 Å². The number of nitrogens with one attached hydrogen (secondary N) is 5. The predicted octanol–water partition coefficient (Wildman–Crippen LogP) is 2.64. The fraction of sp³-hybridized carbons (Fsp3) is 0. The van der Waals surface area contributed by atoms with Gasteiger partial charge in [0.15, 0.2) is 0 Å². The van der Waals surface area contributed by atoms with Crippen molar-refractivity contribution in [3.05, 3.63) is 131 Å². The lowest BCUT2D eigenvalue weighted by Crippen LogP contribution is -2.26. The van der Waals surface area contributed by atoms with E-state index >= 15 is 0 Å². The number of nitro groups is 2. The first-order valence-electron chi connectivity index (χ1n) is 11.4. The molecular weight excluding hydrogens is 542 g/mol. The average molecular weight is 559 g/mol. The van der Waals surface area contributed by atoms with Crippen molar-refractivity contribution in [3.63, 3.8) is 0 Å². The molecule has 0 atom stereocenters. The fourth-order valence-electron chi connectivity index (χ4n) is 3.48. The number of H-pyrrole nitrogens is 2. The van der Waals surface area contributed by atoms with Gasteiger partial charge in [0.05, 0.1) is 9.85 Å². The van der Waals surface area contributed by atoms with Crippen molar-refractivity contribution in [3.8, 4) is 0 Å². The summed E-state index contributed by atoms with van der Waals surface area (Å²) in [4.78, 5) is 86.4. The summed E-state index contributed by atoms with van der Waals surface area (Å²) in [5, 5.41) is 29.1. The molecule has 4 aromatic rings. The Labute approximate surface area is 227 Å². The molecular formula is C25H17N7O9. The minimum absolute atomic E-state index is 0.0235. The van der Waals surface area contributed by atoms with E-state index in [-0.39, 0.29) is 45.1 Å². The number of carbonyl (C=O) groups excluding carboxylic acids is 3. The van der Waals surface area contributed by atoms with E-state index in [1.165, 1.54) is 42.5 Å². The minimum atomic E-state index is -0.878. The quantitative estimate of drug-likeness (QED) is 0.157. The zero-order chi connectivity index (χ0) is 29.7. The second-order valence-electron chi connectivity index (χ2n) is 8.25. The molecule has 16 heteroatoms. The van der Waals surface area contributed by atoms with Crippen LogP contribution in [-0.4, -0.2) is 37.5 Å². The molecule has 0 unspecified atom stereocenters. The molecule has 1 heterocycles. The molecule has 0 radical (unpaired) electrons. The summed E-state index contributed by atoms with van der Waals surface area (Å²) < 4.78 is 0. The van der Waals surface area contributed by atoms with E-state index in [4.69, 9.17) is 0 Å². The van der Waals surface area contributed by atoms with Gasteiger partial charge in [-0.1, -0.05) is 0 Å². The Kier molecular flexibility index (Phi) is 7.75. The summed E-state index contributed by atoms with van der Waals surface area (Å²) in [7, 11) is 0. The number of non-ortho nitro benzene ring substituents is 2. The third kappa shape index (κ3) is 6.71. The number of aromatic amines is 2. The van der Waals surface area contributed by atoms with Crippen LogP contribution in [0.3, 0.4) is 0 Å². The second-order valence-corrected chi connectivity index (χ2v) is 8.25. The highest BCUT2D eigenvalue weighted by atomic mass is 16.6. The van der Waals surface area contributed by atoms with Crippen molar-refractivity contribution in [2.24, 2.45) is 0 Å². The first-order valence-corrected chi connectivity index (χ1v) is 11.4. The number of hydrogen-bond acceptors (Lipinski definition) is 9.